The van der Waals surface area contributed by atoms with Gasteiger partial charge in [0, 0.05) is 18.7 Å². The monoisotopic (exact) mass is 289 g/mol. The molecular formula is C17H20FNO2. The molecule has 4 heteroatoms. The number of halogens is 1. The van der Waals surface area contributed by atoms with Gasteiger partial charge < -0.3 is 14.5 Å². The molecule has 1 aromatic carbocycles. The van der Waals surface area contributed by atoms with Crippen LogP contribution in [0.25, 0.3) is 11.3 Å². The third-order valence-electron chi connectivity index (χ3n) is 4.03. The summed E-state index contributed by atoms with van der Waals surface area (Å²) in [6, 6.07) is 10.2. The second kappa shape index (κ2) is 6.41. The Bertz CT molecular complexity index is 579. The molecule has 2 heterocycles. The fourth-order valence-corrected chi connectivity index (χ4v) is 2.67. The highest BCUT2D eigenvalue weighted by atomic mass is 19.1. The Labute approximate surface area is 124 Å². The number of benzene rings is 1. The maximum absolute atomic E-state index is 12.9. The zero-order valence-electron chi connectivity index (χ0n) is 12.1. The van der Waals surface area contributed by atoms with Gasteiger partial charge in [0.2, 0.25) is 0 Å². The molecule has 0 saturated carbocycles. The molecular weight excluding hydrogens is 269 g/mol. The average Bonchev–Trinajstić information content (AvgIpc) is 3.10. The van der Waals surface area contributed by atoms with Crippen LogP contribution in [0, 0.1) is 11.7 Å². The van der Waals surface area contributed by atoms with E-state index < -0.39 is 0 Å². The van der Waals surface area contributed by atoms with E-state index in [0.29, 0.717) is 18.6 Å². The molecule has 21 heavy (non-hydrogen) atoms. The van der Waals surface area contributed by atoms with Crippen molar-refractivity contribution in [2.45, 2.75) is 26.0 Å². The summed E-state index contributed by atoms with van der Waals surface area (Å²) in [6.07, 6.45) is 1.46. The number of hydrogen-bond donors (Lipinski definition) is 1. The fourth-order valence-electron chi connectivity index (χ4n) is 2.67. The first-order chi connectivity index (χ1) is 10.2. The molecule has 2 aromatic rings. The van der Waals surface area contributed by atoms with Crippen molar-refractivity contribution in [3.05, 3.63) is 48.0 Å². The minimum Gasteiger partial charge on any atom is -0.460 e. The first kappa shape index (κ1) is 14.3. The Kier molecular flexibility index (Phi) is 4.36. The van der Waals surface area contributed by atoms with Gasteiger partial charge in [-0.3, -0.25) is 0 Å². The lowest BCUT2D eigenvalue weighted by Gasteiger charge is -2.13. The Balaban J connectivity index is 1.54. The van der Waals surface area contributed by atoms with Crippen LogP contribution in [-0.4, -0.2) is 19.3 Å². The zero-order valence-corrected chi connectivity index (χ0v) is 12.1. The van der Waals surface area contributed by atoms with Crippen LogP contribution in [0.1, 0.15) is 19.1 Å². The van der Waals surface area contributed by atoms with E-state index in [1.807, 2.05) is 12.1 Å². The smallest absolute Gasteiger partial charge is 0.134 e. The molecule has 0 aliphatic carbocycles. The summed E-state index contributed by atoms with van der Waals surface area (Å²) in [4.78, 5) is 0. The Morgan fingerprint density at radius 2 is 2.00 bits per heavy atom. The lowest BCUT2D eigenvalue weighted by atomic mass is 10.0. The summed E-state index contributed by atoms with van der Waals surface area (Å²) >= 11 is 0. The SMILES string of the molecule is CC1OCCC1CNCc1ccc(-c2ccc(F)cc2)o1. The van der Waals surface area contributed by atoms with Gasteiger partial charge in [-0.2, -0.15) is 0 Å². The van der Waals surface area contributed by atoms with Gasteiger partial charge in [0.25, 0.3) is 0 Å². The van der Waals surface area contributed by atoms with Crippen LogP contribution in [0.2, 0.25) is 0 Å². The number of nitrogens with one attached hydrogen (secondary N) is 1. The first-order valence-corrected chi connectivity index (χ1v) is 7.39. The summed E-state index contributed by atoms with van der Waals surface area (Å²) in [6.45, 7) is 4.63. The molecule has 0 amide bonds. The van der Waals surface area contributed by atoms with E-state index in [1.165, 1.54) is 12.1 Å². The van der Waals surface area contributed by atoms with Crippen molar-refractivity contribution in [2.24, 2.45) is 5.92 Å². The van der Waals surface area contributed by atoms with Gasteiger partial charge in [-0.25, -0.2) is 4.39 Å². The molecule has 2 unspecified atom stereocenters. The summed E-state index contributed by atoms with van der Waals surface area (Å²) in [7, 11) is 0. The molecule has 1 N–H and O–H groups in total. The maximum atomic E-state index is 12.9. The molecule has 3 nitrogen and oxygen atoms in total. The number of furan rings is 1. The van der Waals surface area contributed by atoms with Crippen molar-refractivity contribution in [1.82, 2.24) is 5.32 Å². The van der Waals surface area contributed by atoms with Gasteiger partial charge >= 0.3 is 0 Å². The van der Waals surface area contributed by atoms with Gasteiger partial charge in [0.05, 0.1) is 12.6 Å². The van der Waals surface area contributed by atoms with Gasteiger partial charge in [-0.05, 0) is 55.7 Å². The van der Waals surface area contributed by atoms with E-state index in [-0.39, 0.29) is 5.82 Å². The van der Waals surface area contributed by atoms with Crippen molar-refractivity contribution in [3.63, 3.8) is 0 Å². The molecule has 3 rings (SSSR count). The zero-order chi connectivity index (χ0) is 14.7. The van der Waals surface area contributed by atoms with Crippen LogP contribution < -0.4 is 5.32 Å². The van der Waals surface area contributed by atoms with E-state index in [1.54, 1.807) is 12.1 Å². The molecule has 1 fully saturated rings. The van der Waals surface area contributed by atoms with Gasteiger partial charge in [0.1, 0.15) is 17.3 Å². The predicted molar refractivity (Wildman–Crippen MR) is 79.3 cm³/mol. The number of hydrogen-bond acceptors (Lipinski definition) is 3. The van der Waals surface area contributed by atoms with Crippen LogP contribution >= 0.6 is 0 Å². The van der Waals surface area contributed by atoms with Crippen molar-refractivity contribution >= 4 is 0 Å². The summed E-state index contributed by atoms with van der Waals surface area (Å²) in [5.41, 5.74) is 0.889. The largest absolute Gasteiger partial charge is 0.460 e. The third kappa shape index (κ3) is 3.52. The van der Waals surface area contributed by atoms with Crippen LogP contribution in [-0.2, 0) is 11.3 Å². The average molecular weight is 289 g/mol. The molecule has 1 aromatic heterocycles. The third-order valence-corrected chi connectivity index (χ3v) is 4.03. The van der Waals surface area contributed by atoms with E-state index in [9.17, 15) is 4.39 Å². The standard InChI is InChI=1S/C17H20FNO2/c1-12-14(8-9-20-12)10-19-11-16-6-7-17(21-16)13-2-4-15(18)5-3-13/h2-7,12,14,19H,8-11H2,1H3. The topological polar surface area (TPSA) is 34.4 Å². The van der Waals surface area contributed by atoms with Crippen LogP contribution in [0.3, 0.4) is 0 Å². The lowest BCUT2D eigenvalue weighted by Crippen LogP contribution is -2.26. The normalized spacial score (nSPS) is 21.8. The van der Waals surface area contributed by atoms with Gasteiger partial charge in [-0.1, -0.05) is 0 Å². The minimum atomic E-state index is -0.236. The lowest BCUT2D eigenvalue weighted by molar-refractivity contribution is 0.105. The second-order valence-electron chi connectivity index (χ2n) is 5.53. The molecule has 0 bridgehead atoms. The van der Waals surface area contributed by atoms with E-state index >= 15 is 0 Å². The molecule has 0 spiro atoms. The van der Waals surface area contributed by atoms with Gasteiger partial charge in [0.15, 0.2) is 0 Å². The Hall–Kier alpha value is -1.65. The molecule has 2 atom stereocenters. The maximum Gasteiger partial charge on any atom is 0.134 e. The van der Waals surface area contributed by atoms with Crippen LogP contribution in [0.5, 0.6) is 0 Å². The Morgan fingerprint density at radius 3 is 2.71 bits per heavy atom. The summed E-state index contributed by atoms with van der Waals surface area (Å²) < 4.78 is 24.2. The van der Waals surface area contributed by atoms with Crippen molar-refractivity contribution in [1.29, 1.82) is 0 Å². The second-order valence-corrected chi connectivity index (χ2v) is 5.53. The highest BCUT2D eigenvalue weighted by Crippen LogP contribution is 2.23. The van der Waals surface area contributed by atoms with E-state index in [2.05, 4.69) is 12.2 Å². The predicted octanol–water partition coefficient (Wildman–Crippen LogP) is 3.60. The Morgan fingerprint density at radius 1 is 1.19 bits per heavy atom. The number of ether oxygens (including phenoxy) is 1. The highest BCUT2D eigenvalue weighted by molar-refractivity contribution is 5.57. The van der Waals surface area contributed by atoms with Crippen LogP contribution in [0.15, 0.2) is 40.8 Å². The van der Waals surface area contributed by atoms with Crippen molar-refractivity contribution in [2.75, 3.05) is 13.2 Å². The summed E-state index contributed by atoms with van der Waals surface area (Å²) in [5.74, 6) is 2.00. The molecule has 112 valence electrons. The molecule has 1 saturated heterocycles. The quantitative estimate of drug-likeness (QED) is 0.913. The summed E-state index contributed by atoms with van der Waals surface area (Å²) in [5, 5.41) is 3.41. The molecule has 1 aliphatic rings. The van der Waals surface area contributed by atoms with Crippen LogP contribution in [0.4, 0.5) is 4.39 Å². The first-order valence-electron chi connectivity index (χ1n) is 7.39. The van der Waals surface area contributed by atoms with Crippen molar-refractivity contribution in [3.8, 4) is 11.3 Å². The number of rotatable bonds is 5. The molecule has 1 aliphatic heterocycles. The minimum absolute atomic E-state index is 0.236. The fraction of sp³-hybridized carbons (Fsp3) is 0.412. The highest BCUT2D eigenvalue weighted by Gasteiger charge is 2.23. The van der Waals surface area contributed by atoms with E-state index in [0.717, 1.165) is 36.7 Å². The molecule has 0 radical (unpaired) electrons. The van der Waals surface area contributed by atoms with E-state index in [4.69, 9.17) is 9.15 Å². The van der Waals surface area contributed by atoms with Gasteiger partial charge in [-0.15, -0.1) is 0 Å². The van der Waals surface area contributed by atoms with Crippen molar-refractivity contribution < 1.29 is 13.5 Å².